The van der Waals surface area contributed by atoms with E-state index in [1.807, 2.05) is 0 Å². The average molecular weight is 293 g/mol. The van der Waals surface area contributed by atoms with Crippen molar-refractivity contribution in [1.82, 2.24) is 9.78 Å². The Morgan fingerprint density at radius 1 is 1.15 bits per heavy atom. The lowest BCUT2D eigenvalue weighted by molar-refractivity contribution is 0.0699. The lowest BCUT2D eigenvalue weighted by Crippen LogP contribution is -1.98. The summed E-state index contributed by atoms with van der Waals surface area (Å²) in [6.07, 6.45) is 1.50. The molecule has 0 radical (unpaired) electrons. The van der Waals surface area contributed by atoms with Crippen molar-refractivity contribution >= 4 is 29.3 Å². The molecule has 0 aliphatic carbocycles. The second-order valence-electron chi connectivity index (χ2n) is 4.08. The van der Waals surface area contributed by atoms with E-state index in [0.717, 1.165) is 0 Å². The summed E-state index contributed by atoms with van der Waals surface area (Å²) < 4.78 is 14.5. The molecule has 0 saturated carbocycles. The monoisotopic (exact) mass is 292 g/mol. The molecule has 3 rings (SSSR count). The van der Waals surface area contributed by atoms with E-state index in [9.17, 15) is 9.18 Å². The number of hydrogen-bond acceptors (Lipinski definition) is 2. The molecular formula is C14H10ClFN2O2. The average Bonchev–Trinajstić information content (AvgIpc) is 2.83. The van der Waals surface area contributed by atoms with Crippen LogP contribution < -0.4 is 0 Å². The van der Waals surface area contributed by atoms with Gasteiger partial charge in [-0.25, -0.2) is 13.9 Å². The molecule has 1 heterocycles. The van der Waals surface area contributed by atoms with E-state index in [2.05, 4.69) is 5.10 Å². The van der Waals surface area contributed by atoms with Crippen LogP contribution in [0.15, 0.2) is 48.7 Å². The summed E-state index contributed by atoms with van der Waals surface area (Å²) in [4.78, 5) is 11.1. The first-order chi connectivity index (χ1) is 9.16. The number of aromatic nitrogens is 2. The van der Waals surface area contributed by atoms with Crippen LogP contribution in [-0.4, -0.2) is 20.9 Å². The molecule has 6 heteroatoms. The van der Waals surface area contributed by atoms with Crippen molar-refractivity contribution in [2.75, 3.05) is 0 Å². The third-order valence-corrected chi connectivity index (χ3v) is 2.92. The van der Waals surface area contributed by atoms with Crippen molar-refractivity contribution in [2.45, 2.75) is 0 Å². The molecule has 0 unspecified atom stereocenters. The van der Waals surface area contributed by atoms with Gasteiger partial charge in [0.2, 0.25) is 0 Å². The van der Waals surface area contributed by atoms with Crippen LogP contribution in [0.5, 0.6) is 0 Å². The van der Waals surface area contributed by atoms with Crippen molar-refractivity contribution in [3.63, 3.8) is 0 Å². The van der Waals surface area contributed by atoms with Gasteiger partial charge >= 0.3 is 5.97 Å². The summed E-state index contributed by atoms with van der Waals surface area (Å²) in [5.74, 6) is -1.32. The van der Waals surface area contributed by atoms with E-state index in [1.54, 1.807) is 28.9 Å². The van der Waals surface area contributed by atoms with Crippen molar-refractivity contribution in [1.29, 1.82) is 0 Å². The number of carboxylic acids is 1. The van der Waals surface area contributed by atoms with Crippen LogP contribution in [0.1, 0.15) is 10.4 Å². The van der Waals surface area contributed by atoms with Gasteiger partial charge in [0.15, 0.2) is 0 Å². The van der Waals surface area contributed by atoms with Crippen LogP contribution in [0.4, 0.5) is 4.39 Å². The summed E-state index contributed by atoms with van der Waals surface area (Å²) in [5, 5.41) is 13.8. The summed E-state index contributed by atoms with van der Waals surface area (Å²) in [6, 6.07) is 10.8. The Morgan fingerprint density at radius 3 is 2.50 bits per heavy atom. The van der Waals surface area contributed by atoms with E-state index in [1.165, 1.54) is 24.4 Å². The number of hydrogen-bond donors (Lipinski definition) is 1. The zero-order chi connectivity index (χ0) is 13.4. The second kappa shape index (κ2) is 5.30. The Balaban J connectivity index is 0.00000147. The number of aromatic carboxylic acids is 1. The fraction of sp³-hybridized carbons (Fsp3) is 0. The molecule has 20 heavy (non-hydrogen) atoms. The molecule has 0 saturated heterocycles. The normalized spacial score (nSPS) is 10.2. The molecule has 0 bridgehead atoms. The van der Waals surface area contributed by atoms with E-state index in [4.69, 9.17) is 5.11 Å². The maximum atomic E-state index is 12.9. The van der Waals surface area contributed by atoms with Crippen LogP contribution in [0.2, 0.25) is 0 Å². The molecule has 1 aromatic heterocycles. The Hall–Kier alpha value is -2.40. The molecule has 1 N–H and O–H groups in total. The Labute approximate surface area is 119 Å². The summed E-state index contributed by atoms with van der Waals surface area (Å²) >= 11 is 0. The minimum Gasteiger partial charge on any atom is -0.478 e. The van der Waals surface area contributed by atoms with Crippen molar-refractivity contribution < 1.29 is 14.3 Å². The highest BCUT2D eigenvalue weighted by atomic mass is 35.5. The predicted octanol–water partition coefficient (Wildman–Crippen LogP) is 3.28. The third kappa shape index (κ3) is 2.23. The molecule has 4 nitrogen and oxygen atoms in total. The fourth-order valence-electron chi connectivity index (χ4n) is 2.03. The number of benzene rings is 2. The van der Waals surface area contributed by atoms with Crippen LogP contribution in [0.25, 0.3) is 16.6 Å². The maximum absolute atomic E-state index is 12.9. The number of halogens is 2. The van der Waals surface area contributed by atoms with Gasteiger partial charge in [-0.05, 0) is 36.4 Å². The summed E-state index contributed by atoms with van der Waals surface area (Å²) in [6.45, 7) is 0. The van der Waals surface area contributed by atoms with Gasteiger partial charge in [-0.1, -0.05) is 6.07 Å². The number of carbonyl (C=O) groups is 1. The Kier molecular flexibility index (Phi) is 3.72. The zero-order valence-corrected chi connectivity index (χ0v) is 11.0. The predicted molar refractivity (Wildman–Crippen MR) is 75.2 cm³/mol. The minimum absolute atomic E-state index is 0. The Morgan fingerprint density at radius 2 is 1.85 bits per heavy atom. The molecule has 0 aliphatic rings. The molecule has 0 atom stereocenters. The molecule has 2 aromatic carbocycles. The lowest BCUT2D eigenvalue weighted by Gasteiger charge is -2.03. The smallest absolute Gasteiger partial charge is 0.336 e. The molecular weight excluding hydrogens is 283 g/mol. The number of fused-ring (bicyclic) bond motifs is 1. The van der Waals surface area contributed by atoms with Crippen LogP contribution in [0.3, 0.4) is 0 Å². The molecule has 0 spiro atoms. The highest BCUT2D eigenvalue weighted by Gasteiger charge is 2.12. The SMILES string of the molecule is Cl.O=C(O)c1cccc2c1cnn2-c1ccc(F)cc1. The van der Waals surface area contributed by atoms with E-state index in [-0.39, 0.29) is 23.8 Å². The van der Waals surface area contributed by atoms with Gasteiger partial charge in [-0.3, -0.25) is 0 Å². The van der Waals surface area contributed by atoms with Crippen molar-refractivity contribution in [3.05, 3.63) is 60.0 Å². The van der Waals surface area contributed by atoms with Crippen LogP contribution in [-0.2, 0) is 0 Å². The van der Waals surface area contributed by atoms with Gasteiger partial charge in [-0.15, -0.1) is 12.4 Å². The number of rotatable bonds is 2. The highest BCUT2D eigenvalue weighted by Crippen LogP contribution is 2.21. The van der Waals surface area contributed by atoms with E-state index >= 15 is 0 Å². The standard InChI is InChI=1S/C14H9FN2O2.ClH/c15-9-4-6-10(7-5-9)17-13-3-1-2-11(14(18)19)12(13)8-16-17;/h1-8H,(H,18,19);1H. The number of nitrogens with zero attached hydrogens (tertiary/aromatic N) is 2. The summed E-state index contributed by atoms with van der Waals surface area (Å²) in [5.41, 5.74) is 1.55. The van der Waals surface area contributed by atoms with Gasteiger partial charge in [0.1, 0.15) is 5.82 Å². The third-order valence-electron chi connectivity index (χ3n) is 2.92. The van der Waals surface area contributed by atoms with Gasteiger partial charge in [0, 0.05) is 5.39 Å². The minimum atomic E-state index is -0.996. The summed E-state index contributed by atoms with van der Waals surface area (Å²) in [7, 11) is 0. The maximum Gasteiger partial charge on any atom is 0.336 e. The second-order valence-corrected chi connectivity index (χ2v) is 4.08. The topological polar surface area (TPSA) is 55.1 Å². The molecule has 3 aromatic rings. The first-order valence-electron chi connectivity index (χ1n) is 5.63. The first kappa shape index (κ1) is 14.0. The first-order valence-corrected chi connectivity index (χ1v) is 5.63. The highest BCUT2D eigenvalue weighted by molar-refractivity contribution is 6.02. The van der Waals surface area contributed by atoms with Gasteiger partial charge in [-0.2, -0.15) is 5.10 Å². The lowest BCUT2D eigenvalue weighted by atomic mass is 10.1. The van der Waals surface area contributed by atoms with Gasteiger partial charge in [0.25, 0.3) is 0 Å². The van der Waals surface area contributed by atoms with E-state index < -0.39 is 5.97 Å². The molecule has 0 amide bonds. The van der Waals surface area contributed by atoms with Gasteiger partial charge < -0.3 is 5.11 Å². The van der Waals surface area contributed by atoms with E-state index in [0.29, 0.717) is 16.6 Å². The molecule has 0 aliphatic heterocycles. The van der Waals surface area contributed by atoms with Crippen LogP contribution >= 0.6 is 12.4 Å². The quantitative estimate of drug-likeness (QED) is 0.788. The van der Waals surface area contributed by atoms with Gasteiger partial charge in [0.05, 0.1) is 23.0 Å². The largest absolute Gasteiger partial charge is 0.478 e. The number of carboxylic acid groups (broad SMARTS) is 1. The fourth-order valence-corrected chi connectivity index (χ4v) is 2.03. The van der Waals surface area contributed by atoms with Crippen molar-refractivity contribution in [2.24, 2.45) is 0 Å². The Bertz CT molecular complexity index is 768. The molecule has 0 fully saturated rings. The van der Waals surface area contributed by atoms with Crippen LogP contribution in [0, 0.1) is 5.82 Å². The zero-order valence-electron chi connectivity index (χ0n) is 10.2. The molecule has 102 valence electrons. The van der Waals surface area contributed by atoms with Crippen molar-refractivity contribution in [3.8, 4) is 5.69 Å².